The van der Waals surface area contributed by atoms with Crippen LogP contribution in [0.25, 0.3) is 0 Å². The number of sulfonamides is 1. The average Bonchev–Trinajstić information content (AvgIpc) is 2.72. The van der Waals surface area contributed by atoms with Crippen molar-refractivity contribution in [2.75, 3.05) is 11.9 Å². The number of nitrogens with one attached hydrogen (secondary N) is 2. The summed E-state index contributed by atoms with van der Waals surface area (Å²) in [5.41, 5.74) is 0.457. The van der Waals surface area contributed by atoms with Gasteiger partial charge in [-0.3, -0.25) is 4.79 Å². The zero-order valence-corrected chi connectivity index (χ0v) is 19.0. The van der Waals surface area contributed by atoms with Crippen LogP contribution in [0.5, 0.6) is 11.5 Å². The second kappa shape index (κ2) is 10.3. The number of rotatable bonds is 8. The summed E-state index contributed by atoms with van der Waals surface area (Å²) in [6.07, 6.45) is -0.0620. The number of benzene rings is 3. The van der Waals surface area contributed by atoms with Gasteiger partial charge in [0, 0.05) is 28.7 Å². The van der Waals surface area contributed by atoms with Crippen molar-refractivity contribution in [3.63, 3.8) is 0 Å². The van der Waals surface area contributed by atoms with Crippen LogP contribution in [-0.4, -0.2) is 20.9 Å². The molecule has 0 saturated carbocycles. The molecule has 0 unspecified atom stereocenters. The topological polar surface area (TPSA) is 84.5 Å². The first kappa shape index (κ1) is 23.4. The molecule has 1 amide bonds. The SMILES string of the molecule is O=C(CCNS(=O)(=O)c1ccc(Cl)cc1)Nc1ccc(Oc2ccc(Cl)cc2)c(Cl)c1. The van der Waals surface area contributed by atoms with Crippen LogP contribution >= 0.6 is 34.8 Å². The summed E-state index contributed by atoms with van der Waals surface area (Å²) >= 11 is 17.8. The van der Waals surface area contributed by atoms with Crippen molar-refractivity contribution in [3.05, 3.63) is 81.8 Å². The highest BCUT2D eigenvalue weighted by Crippen LogP contribution is 2.32. The Labute approximate surface area is 195 Å². The minimum absolute atomic E-state index is 0.0620. The fourth-order valence-corrected chi connectivity index (χ4v) is 4.01. The minimum atomic E-state index is -3.72. The van der Waals surface area contributed by atoms with Crippen LogP contribution in [0.15, 0.2) is 71.6 Å². The van der Waals surface area contributed by atoms with E-state index in [2.05, 4.69) is 10.0 Å². The van der Waals surface area contributed by atoms with Gasteiger partial charge in [0.25, 0.3) is 0 Å². The molecule has 3 rings (SSSR count). The van der Waals surface area contributed by atoms with Gasteiger partial charge >= 0.3 is 0 Å². The van der Waals surface area contributed by atoms with Crippen LogP contribution in [-0.2, 0) is 14.8 Å². The van der Waals surface area contributed by atoms with Gasteiger partial charge in [0.15, 0.2) is 0 Å². The molecule has 0 aliphatic rings. The Morgan fingerprint density at radius 2 is 1.48 bits per heavy atom. The van der Waals surface area contributed by atoms with E-state index >= 15 is 0 Å². The van der Waals surface area contributed by atoms with E-state index in [1.54, 1.807) is 42.5 Å². The average molecular weight is 500 g/mol. The predicted octanol–water partition coefficient (Wildman–Crippen LogP) is 5.75. The van der Waals surface area contributed by atoms with Gasteiger partial charge < -0.3 is 10.1 Å². The summed E-state index contributed by atoms with van der Waals surface area (Å²) in [5, 5.41) is 3.99. The second-order valence-corrected chi connectivity index (χ2v) is 9.40. The first-order chi connectivity index (χ1) is 14.7. The van der Waals surface area contributed by atoms with Crippen LogP contribution in [0.4, 0.5) is 5.69 Å². The molecule has 0 bridgehead atoms. The third kappa shape index (κ3) is 6.85. The maximum absolute atomic E-state index is 12.2. The van der Waals surface area contributed by atoms with Crippen molar-refractivity contribution in [2.45, 2.75) is 11.3 Å². The molecule has 0 heterocycles. The van der Waals surface area contributed by atoms with Crippen LogP contribution in [0.3, 0.4) is 0 Å². The standard InChI is InChI=1S/C21H17Cl3N2O4S/c22-14-1-6-17(7-2-14)30-20-10-5-16(13-19(20)24)26-21(27)11-12-25-31(28,29)18-8-3-15(23)4-9-18/h1-10,13,25H,11-12H2,(H,26,27). The Bertz CT molecular complexity index is 1170. The van der Waals surface area contributed by atoms with Crippen LogP contribution in [0, 0.1) is 0 Å². The molecule has 0 aliphatic heterocycles. The molecule has 3 aromatic rings. The van der Waals surface area contributed by atoms with Gasteiger partial charge in [0.1, 0.15) is 11.5 Å². The minimum Gasteiger partial charge on any atom is -0.456 e. The van der Waals surface area contributed by atoms with E-state index in [0.29, 0.717) is 32.3 Å². The molecule has 2 N–H and O–H groups in total. The van der Waals surface area contributed by atoms with Crippen LogP contribution < -0.4 is 14.8 Å². The summed E-state index contributed by atoms with van der Waals surface area (Å²) in [5.74, 6) is 0.606. The fraction of sp³-hybridized carbons (Fsp3) is 0.0952. The van der Waals surface area contributed by atoms with Crippen molar-refractivity contribution in [1.82, 2.24) is 4.72 Å². The van der Waals surface area contributed by atoms with Gasteiger partial charge in [0.05, 0.1) is 9.92 Å². The molecule has 0 atom stereocenters. The Hall–Kier alpha value is -2.29. The first-order valence-electron chi connectivity index (χ1n) is 9.01. The number of hydrogen-bond donors (Lipinski definition) is 2. The maximum Gasteiger partial charge on any atom is 0.240 e. The highest BCUT2D eigenvalue weighted by atomic mass is 35.5. The van der Waals surface area contributed by atoms with Crippen molar-refractivity contribution in [3.8, 4) is 11.5 Å². The third-order valence-corrected chi connectivity index (χ3v) is 6.30. The number of anilines is 1. The molecule has 0 fully saturated rings. The van der Waals surface area contributed by atoms with E-state index in [4.69, 9.17) is 39.5 Å². The van der Waals surface area contributed by atoms with Gasteiger partial charge in [-0.1, -0.05) is 34.8 Å². The Kier molecular flexibility index (Phi) is 7.80. The van der Waals surface area contributed by atoms with Crippen LogP contribution in [0.2, 0.25) is 15.1 Å². The normalized spacial score (nSPS) is 11.2. The summed E-state index contributed by atoms with van der Waals surface area (Å²) < 4.78 is 32.5. The summed E-state index contributed by atoms with van der Waals surface area (Å²) in [7, 11) is -3.72. The molecule has 0 spiro atoms. The first-order valence-corrected chi connectivity index (χ1v) is 11.6. The fourth-order valence-electron chi connectivity index (χ4n) is 2.51. The summed E-state index contributed by atoms with van der Waals surface area (Å²) in [4.78, 5) is 12.2. The van der Waals surface area contributed by atoms with E-state index in [1.165, 1.54) is 24.3 Å². The Balaban J connectivity index is 1.52. The van der Waals surface area contributed by atoms with Gasteiger partial charge in [-0.15, -0.1) is 0 Å². The molecule has 0 saturated heterocycles. The lowest BCUT2D eigenvalue weighted by Crippen LogP contribution is -2.27. The quantitative estimate of drug-likeness (QED) is 0.413. The maximum atomic E-state index is 12.2. The molecular weight excluding hydrogens is 483 g/mol. The second-order valence-electron chi connectivity index (χ2n) is 6.35. The van der Waals surface area contributed by atoms with Gasteiger partial charge in [-0.05, 0) is 66.7 Å². The molecule has 0 aliphatic carbocycles. The molecule has 0 aromatic heterocycles. The van der Waals surface area contributed by atoms with E-state index in [1.807, 2.05) is 0 Å². The number of hydrogen-bond acceptors (Lipinski definition) is 4. The number of halogens is 3. The van der Waals surface area contributed by atoms with Crippen molar-refractivity contribution in [1.29, 1.82) is 0 Å². The third-order valence-electron chi connectivity index (χ3n) is 4.03. The molecule has 31 heavy (non-hydrogen) atoms. The molecule has 3 aromatic carbocycles. The van der Waals surface area contributed by atoms with Crippen LogP contribution in [0.1, 0.15) is 6.42 Å². The zero-order valence-electron chi connectivity index (χ0n) is 15.9. The molecule has 0 radical (unpaired) electrons. The van der Waals surface area contributed by atoms with Crippen molar-refractivity contribution >= 4 is 56.4 Å². The van der Waals surface area contributed by atoms with E-state index in [0.717, 1.165) is 0 Å². The smallest absolute Gasteiger partial charge is 0.240 e. The van der Waals surface area contributed by atoms with Gasteiger partial charge in [-0.2, -0.15) is 0 Å². The highest BCUT2D eigenvalue weighted by Gasteiger charge is 2.14. The number of amides is 1. The van der Waals surface area contributed by atoms with Crippen molar-refractivity contribution in [2.24, 2.45) is 0 Å². The molecule has 162 valence electrons. The van der Waals surface area contributed by atoms with Gasteiger partial charge in [-0.25, -0.2) is 13.1 Å². The largest absolute Gasteiger partial charge is 0.456 e. The zero-order chi connectivity index (χ0) is 22.4. The number of ether oxygens (including phenoxy) is 1. The lowest BCUT2D eigenvalue weighted by molar-refractivity contribution is -0.116. The Morgan fingerprint density at radius 1 is 0.871 bits per heavy atom. The summed E-state index contributed by atoms with van der Waals surface area (Å²) in [6.45, 7) is -0.0672. The van der Waals surface area contributed by atoms with E-state index < -0.39 is 10.0 Å². The molecular formula is C21H17Cl3N2O4S. The molecule has 6 nitrogen and oxygen atoms in total. The molecule has 10 heteroatoms. The summed E-state index contributed by atoms with van der Waals surface area (Å²) in [6, 6.07) is 17.3. The van der Waals surface area contributed by atoms with Gasteiger partial charge in [0.2, 0.25) is 15.9 Å². The van der Waals surface area contributed by atoms with Crippen molar-refractivity contribution < 1.29 is 17.9 Å². The predicted molar refractivity (Wildman–Crippen MR) is 123 cm³/mol. The number of carbonyl (C=O) groups is 1. The lowest BCUT2D eigenvalue weighted by atomic mass is 10.2. The Morgan fingerprint density at radius 3 is 2.10 bits per heavy atom. The lowest BCUT2D eigenvalue weighted by Gasteiger charge is -2.11. The van der Waals surface area contributed by atoms with E-state index in [-0.39, 0.29) is 23.8 Å². The highest BCUT2D eigenvalue weighted by molar-refractivity contribution is 7.89. The monoisotopic (exact) mass is 498 g/mol. The number of carbonyl (C=O) groups excluding carboxylic acids is 1. The van der Waals surface area contributed by atoms with E-state index in [9.17, 15) is 13.2 Å².